The van der Waals surface area contributed by atoms with Crippen molar-refractivity contribution in [2.24, 2.45) is 5.73 Å². The molecule has 0 bridgehead atoms. The van der Waals surface area contributed by atoms with E-state index in [1.54, 1.807) is 7.05 Å². The van der Waals surface area contributed by atoms with E-state index in [1.165, 1.54) is 11.8 Å². The molecule has 0 radical (unpaired) electrons. The molecule has 1 aromatic heterocycles. The van der Waals surface area contributed by atoms with Crippen LogP contribution in [0.2, 0.25) is 0 Å². The Hall–Kier alpha value is -1.08. The summed E-state index contributed by atoms with van der Waals surface area (Å²) >= 11 is 1.36. The van der Waals surface area contributed by atoms with Crippen LogP contribution < -0.4 is 11.1 Å². The number of hydrogen-bond donors (Lipinski definition) is 2. The fourth-order valence-electron chi connectivity index (χ4n) is 1.10. The number of carbonyl (C=O) groups excluding carboxylic acids is 1. The van der Waals surface area contributed by atoms with Crippen molar-refractivity contribution in [3.63, 3.8) is 0 Å². The van der Waals surface area contributed by atoms with Gasteiger partial charge in [0.2, 0.25) is 5.91 Å². The standard InChI is InChI=1S/C8H15N5OS/c1-3-13-6(4-9)11-12-8(13)15-5-7(14)10-2/h3-5,9H2,1-2H3,(H,10,14). The Kier molecular flexibility index (Phi) is 4.57. The van der Waals surface area contributed by atoms with E-state index in [2.05, 4.69) is 15.5 Å². The maximum atomic E-state index is 11.0. The molecule has 7 heteroatoms. The first kappa shape index (κ1) is 12.0. The van der Waals surface area contributed by atoms with Crippen LogP contribution in [0, 0.1) is 0 Å². The van der Waals surface area contributed by atoms with Crippen LogP contribution in [-0.2, 0) is 17.9 Å². The number of hydrogen-bond acceptors (Lipinski definition) is 5. The van der Waals surface area contributed by atoms with Gasteiger partial charge in [-0.3, -0.25) is 4.79 Å². The van der Waals surface area contributed by atoms with Crippen LogP contribution in [0.5, 0.6) is 0 Å². The number of nitrogens with one attached hydrogen (secondary N) is 1. The molecule has 0 aromatic carbocycles. The van der Waals surface area contributed by atoms with Gasteiger partial charge in [-0.2, -0.15) is 0 Å². The molecule has 0 atom stereocenters. The summed E-state index contributed by atoms with van der Waals surface area (Å²) in [4.78, 5) is 11.0. The van der Waals surface area contributed by atoms with Crippen LogP contribution in [0.1, 0.15) is 12.7 Å². The molecule has 6 nitrogen and oxygen atoms in total. The summed E-state index contributed by atoms with van der Waals surface area (Å²) in [6.45, 7) is 3.11. The number of carbonyl (C=O) groups is 1. The van der Waals surface area contributed by atoms with Gasteiger partial charge in [0, 0.05) is 13.6 Å². The first-order valence-corrected chi connectivity index (χ1v) is 5.67. The monoisotopic (exact) mass is 229 g/mol. The third-order valence-electron chi connectivity index (χ3n) is 1.90. The van der Waals surface area contributed by atoms with Gasteiger partial charge in [0.1, 0.15) is 5.82 Å². The molecule has 0 aliphatic rings. The highest BCUT2D eigenvalue weighted by atomic mass is 32.2. The maximum absolute atomic E-state index is 11.0. The molecule has 0 spiro atoms. The lowest BCUT2D eigenvalue weighted by atomic mass is 10.6. The molecule has 3 N–H and O–H groups in total. The van der Waals surface area contributed by atoms with Gasteiger partial charge in [-0.25, -0.2) is 0 Å². The predicted octanol–water partition coefficient (Wildman–Crippen LogP) is -0.405. The molecule has 0 unspecified atom stereocenters. The van der Waals surface area contributed by atoms with Gasteiger partial charge in [-0.05, 0) is 6.92 Å². The van der Waals surface area contributed by atoms with Crippen LogP contribution in [0.4, 0.5) is 0 Å². The summed E-state index contributed by atoms with van der Waals surface area (Å²) in [5.41, 5.74) is 5.51. The summed E-state index contributed by atoms with van der Waals surface area (Å²) in [6.07, 6.45) is 0. The van der Waals surface area contributed by atoms with E-state index in [9.17, 15) is 4.79 Å². The van der Waals surface area contributed by atoms with Crippen LogP contribution >= 0.6 is 11.8 Å². The number of amides is 1. The van der Waals surface area contributed by atoms with Gasteiger partial charge in [0.05, 0.1) is 12.3 Å². The van der Waals surface area contributed by atoms with E-state index in [4.69, 9.17) is 5.73 Å². The highest BCUT2D eigenvalue weighted by Gasteiger charge is 2.10. The van der Waals surface area contributed by atoms with Crippen molar-refractivity contribution in [2.45, 2.75) is 25.2 Å². The molecule has 0 fully saturated rings. The SMILES string of the molecule is CCn1c(CN)nnc1SCC(=O)NC. The second-order valence-corrected chi connectivity index (χ2v) is 3.75. The smallest absolute Gasteiger partial charge is 0.230 e. The number of nitrogens with zero attached hydrogens (tertiary/aromatic N) is 3. The minimum absolute atomic E-state index is 0.0278. The topological polar surface area (TPSA) is 85.8 Å². The molecule has 0 saturated carbocycles. The van der Waals surface area contributed by atoms with Crippen molar-refractivity contribution in [3.8, 4) is 0 Å². The van der Waals surface area contributed by atoms with E-state index in [0.717, 1.165) is 17.5 Å². The third-order valence-corrected chi connectivity index (χ3v) is 2.87. The zero-order chi connectivity index (χ0) is 11.3. The summed E-state index contributed by atoms with van der Waals surface area (Å²) in [7, 11) is 1.61. The normalized spacial score (nSPS) is 10.3. The van der Waals surface area contributed by atoms with E-state index >= 15 is 0 Å². The first-order chi connectivity index (χ1) is 7.22. The van der Waals surface area contributed by atoms with Crippen LogP contribution in [0.25, 0.3) is 0 Å². The molecule has 0 aliphatic carbocycles. The number of thioether (sulfide) groups is 1. The van der Waals surface area contributed by atoms with Gasteiger partial charge in [-0.1, -0.05) is 11.8 Å². The minimum atomic E-state index is -0.0278. The van der Waals surface area contributed by atoms with Crippen molar-refractivity contribution in [3.05, 3.63) is 5.82 Å². The molecule has 1 rings (SSSR count). The zero-order valence-electron chi connectivity index (χ0n) is 8.86. The molecule has 15 heavy (non-hydrogen) atoms. The van der Waals surface area contributed by atoms with Gasteiger partial charge in [-0.15, -0.1) is 10.2 Å². The lowest BCUT2D eigenvalue weighted by Gasteiger charge is -2.04. The van der Waals surface area contributed by atoms with Gasteiger partial charge in [0.25, 0.3) is 0 Å². The molecule has 0 aliphatic heterocycles. The van der Waals surface area contributed by atoms with Crippen LogP contribution in [0.3, 0.4) is 0 Å². The number of rotatable bonds is 5. The Balaban J connectivity index is 2.68. The van der Waals surface area contributed by atoms with E-state index in [-0.39, 0.29) is 5.91 Å². The Morgan fingerprint density at radius 1 is 1.60 bits per heavy atom. The minimum Gasteiger partial charge on any atom is -0.358 e. The van der Waals surface area contributed by atoms with Crippen molar-refractivity contribution < 1.29 is 4.79 Å². The second-order valence-electron chi connectivity index (χ2n) is 2.81. The highest BCUT2D eigenvalue weighted by Crippen LogP contribution is 2.16. The molecule has 0 saturated heterocycles. The maximum Gasteiger partial charge on any atom is 0.230 e. The fourth-order valence-corrected chi connectivity index (χ4v) is 1.99. The van der Waals surface area contributed by atoms with Crippen molar-refractivity contribution >= 4 is 17.7 Å². The largest absolute Gasteiger partial charge is 0.358 e. The molecule has 1 heterocycles. The molecule has 84 valence electrons. The lowest BCUT2D eigenvalue weighted by molar-refractivity contribution is -0.118. The number of aromatic nitrogens is 3. The third kappa shape index (κ3) is 2.93. The summed E-state index contributed by atoms with van der Waals surface area (Å²) in [6, 6.07) is 0. The van der Waals surface area contributed by atoms with E-state index < -0.39 is 0 Å². The van der Waals surface area contributed by atoms with E-state index in [0.29, 0.717) is 12.3 Å². The first-order valence-electron chi connectivity index (χ1n) is 4.68. The average Bonchev–Trinajstić information content (AvgIpc) is 2.67. The molecular weight excluding hydrogens is 214 g/mol. The summed E-state index contributed by atoms with van der Waals surface area (Å²) in [5.74, 6) is 1.07. The van der Waals surface area contributed by atoms with Crippen LogP contribution in [-0.4, -0.2) is 33.5 Å². The molecular formula is C8H15N5OS. The van der Waals surface area contributed by atoms with Crippen molar-refractivity contribution in [1.82, 2.24) is 20.1 Å². The molecule has 1 amide bonds. The number of nitrogens with two attached hydrogens (primary N) is 1. The Labute approximate surface area is 92.6 Å². The Morgan fingerprint density at radius 2 is 2.33 bits per heavy atom. The van der Waals surface area contributed by atoms with E-state index in [1.807, 2.05) is 11.5 Å². The van der Waals surface area contributed by atoms with Gasteiger partial charge < -0.3 is 15.6 Å². The Morgan fingerprint density at radius 3 is 2.87 bits per heavy atom. The Bertz CT molecular complexity index is 338. The van der Waals surface area contributed by atoms with Gasteiger partial charge in [0.15, 0.2) is 5.16 Å². The summed E-state index contributed by atoms with van der Waals surface area (Å²) in [5, 5.41) is 11.2. The fraction of sp³-hybridized carbons (Fsp3) is 0.625. The average molecular weight is 229 g/mol. The van der Waals surface area contributed by atoms with Crippen molar-refractivity contribution in [2.75, 3.05) is 12.8 Å². The van der Waals surface area contributed by atoms with Gasteiger partial charge >= 0.3 is 0 Å². The summed E-state index contributed by atoms with van der Waals surface area (Å²) < 4.78 is 1.91. The van der Waals surface area contributed by atoms with Crippen LogP contribution in [0.15, 0.2) is 5.16 Å². The quantitative estimate of drug-likeness (QED) is 0.671. The molecule has 1 aromatic rings. The zero-order valence-corrected chi connectivity index (χ0v) is 9.67. The second kappa shape index (κ2) is 5.72. The van der Waals surface area contributed by atoms with Crippen molar-refractivity contribution in [1.29, 1.82) is 0 Å². The predicted molar refractivity (Wildman–Crippen MR) is 58.4 cm³/mol. The highest BCUT2D eigenvalue weighted by molar-refractivity contribution is 7.99. The lowest BCUT2D eigenvalue weighted by Crippen LogP contribution is -2.20.